The molecule has 120 valence electrons. The summed E-state index contributed by atoms with van der Waals surface area (Å²) in [5.74, 6) is 1.66. The van der Waals surface area contributed by atoms with Gasteiger partial charge >= 0.3 is 0 Å². The third-order valence-corrected chi connectivity index (χ3v) is 4.79. The molecule has 0 saturated heterocycles. The van der Waals surface area contributed by atoms with Gasteiger partial charge in [-0.3, -0.25) is 0 Å². The van der Waals surface area contributed by atoms with Gasteiger partial charge in [-0.2, -0.15) is 5.10 Å². The summed E-state index contributed by atoms with van der Waals surface area (Å²) in [5, 5.41) is 8.14. The smallest absolute Gasteiger partial charge is 0.216 e. The molecule has 2 rings (SSSR count). The van der Waals surface area contributed by atoms with Crippen molar-refractivity contribution in [3.8, 4) is 5.88 Å². The van der Waals surface area contributed by atoms with Crippen molar-refractivity contribution in [2.24, 2.45) is 18.4 Å². The number of hydrogen-bond acceptors (Lipinski definition) is 3. The molecule has 0 bridgehead atoms. The summed E-state index contributed by atoms with van der Waals surface area (Å²) in [6.07, 6.45) is 6.87. The van der Waals surface area contributed by atoms with Gasteiger partial charge in [0.1, 0.15) is 0 Å². The van der Waals surface area contributed by atoms with E-state index in [2.05, 4.69) is 31.2 Å². The molecule has 1 fully saturated rings. The lowest BCUT2D eigenvalue weighted by molar-refractivity contribution is 0.223. The Bertz CT molecular complexity index is 459. The number of rotatable bonds is 7. The van der Waals surface area contributed by atoms with Crippen molar-refractivity contribution in [2.45, 2.75) is 59.4 Å². The standard InChI is InChI=1S/C17H31N3O/c1-13(2)10-17(8-6-7-9-17)12-18-11-15-14(3)19-20(4)16(15)21-5/h13,18H,6-12H2,1-5H3. The number of aromatic nitrogens is 2. The first-order chi connectivity index (χ1) is 9.97. The second-order valence-electron chi connectivity index (χ2n) is 7.11. The SMILES string of the molecule is COc1c(CNCC2(CC(C)C)CCCC2)c(C)nn1C. The van der Waals surface area contributed by atoms with E-state index in [1.807, 2.05) is 11.7 Å². The second kappa shape index (κ2) is 6.82. The molecule has 1 aromatic rings. The van der Waals surface area contributed by atoms with E-state index in [9.17, 15) is 0 Å². The fourth-order valence-electron chi connectivity index (χ4n) is 4.04. The van der Waals surface area contributed by atoms with E-state index >= 15 is 0 Å². The molecular formula is C17H31N3O. The van der Waals surface area contributed by atoms with Crippen LogP contribution in [0.2, 0.25) is 0 Å². The van der Waals surface area contributed by atoms with Gasteiger partial charge in [-0.15, -0.1) is 0 Å². The van der Waals surface area contributed by atoms with Crippen molar-refractivity contribution in [1.29, 1.82) is 0 Å². The predicted molar refractivity (Wildman–Crippen MR) is 86.6 cm³/mol. The summed E-state index contributed by atoms with van der Waals surface area (Å²) in [5.41, 5.74) is 2.77. The molecule has 1 heterocycles. The number of methoxy groups -OCH3 is 1. The molecule has 0 unspecified atom stereocenters. The van der Waals surface area contributed by atoms with E-state index in [0.29, 0.717) is 5.41 Å². The van der Waals surface area contributed by atoms with Crippen LogP contribution in [0.25, 0.3) is 0 Å². The van der Waals surface area contributed by atoms with E-state index in [0.717, 1.165) is 30.6 Å². The van der Waals surface area contributed by atoms with E-state index < -0.39 is 0 Å². The van der Waals surface area contributed by atoms with Crippen LogP contribution in [0.3, 0.4) is 0 Å². The highest BCUT2D eigenvalue weighted by molar-refractivity contribution is 5.30. The molecule has 0 atom stereocenters. The first-order valence-electron chi connectivity index (χ1n) is 8.24. The first-order valence-corrected chi connectivity index (χ1v) is 8.24. The van der Waals surface area contributed by atoms with Gasteiger partial charge in [0.05, 0.1) is 18.4 Å². The molecule has 0 radical (unpaired) electrons. The Morgan fingerprint density at radius 2 is 2.00 bits per heavy atom. The summed E-state index contributed by atoms with van der Waals surface area (Å²) < 4.78 is 7.29. The minimum Gasteiger partial charge on any atom is -0.481 e. The zero-order chi connectivity index (χ0) is 15.5. The highest BCUT2D eigenvalue weighted by Gasteiger charge is 2.34. The summed E-state index contributed by atoms with van der Waals surface area (Å²) in [6, 6.07) is 0. The largest absolute Gasteiger partial charge is 0.481 e. The number of nitrogens with one attached hydrogen (secondary N) is 1. The topological polar surface area (TPSA) is 39.1 Å². The lowest BCUT2D eigenvalue weighted by Gasteiger charge is -2.31. The molecule has 1 aliphatic carbocycles. The Hall–Kier alpha value is -1.03. The molecule has 0 aromatic carbocycles. The highest BCUT2D eigenvalue weighted by atomic mass is 16.5. The molecule has 0 amide bonds. The molecule has 21 heavy (non-hydrogen) atoms. The minimum absolute atomic E-state index is 0.511. The predicted octanol–water partition coefficient (Wildman–Crippen LogP) is 3.43. The Balaban J connectivity index is 1.97. The van der Waals surface area contributed by atoms with Crippen LogP contribution < -0.4 is 10.1 Å². The molecular weight excluding hydrogens is 262 g/mol. The summed E-state index contributed by atoms with van der Waals surface area (Å²) in [4.78, 5) is 0. The van der Waals surface area contributed by atoms with Gasteiger partial charge in [0.15, 0.2) is 0 Å². The Labute approximate surface area is 129 Å². The van der Waals surface area contributed by atoms with Gasteiger partial charge in [0, 0.05) is 20.1 Å². The molecule has 1 aliphatic rings. The van der Waals surface area contributed by atoms with Crippen molar-refractivity contribution in [3.05, 3.63) is 11.3 Å². The lowest BCUT2D eigenvalue weighted by Crippen LogP contribution is -2.33. The molecule has 1 saturated carbocycles. The summed E-state index contributed by atoms with van der Waals surface area (Å²) in [7, 11) is 3.66. The fourth-order valence-corrected chi connectivity index (χ4v) is 4.04. The minimum atomic E-state index is 0.511. The lowest BCUT2D eigenvalue weighted by atomic mass is 9.78. The molecule has 1 aromatic heterocycles. The zero-order valence-corrected chi connectivity index (χ0v) is 14.3. The average Bonchev–Trinajstić information content (AvgIpc) is 2.95. The molecule has 0 spiro atoms. The van der Waals surface area contributed by atoms with Gasteiger partial charge in [-0.25, -0.2) is 4.68 Å². The molecule has 4 heteroatoms. The van der Waals surface area contributed by atoms with Gasteiger partial charge in [0.2, 0.25) is 5.88 Å². The molecule has 0 aliphatic heterocycles. The third-order valence-electron chi connectivity index (χ3n) is 4.79. The van der Waals surface area contributed by atoms with Gasteiger partial charge < -0.3 is 10.1 Å². The van der Waals surface area contributed by atoms with Gasteiger partial charge in [-0.05, 0) is 37.5 Å². The third kappa shape index (κ3) is 3.79. The molecule has 1 N–H and O–H groups in total. The maximum Gasteiger partial charge on any atom is 0.216 e. The number of aryl methyl sites for hydroxylation is 2. The van der Waals surface area contributed by atoms with E-state index in [4.69, 9.17) is 4.74 Å². The van der Waals surface area contributed by atoms with Gasteiger partial charge in [-0.1, -0.05) is 26.7 Å². The van der Waals surface area contributed by atoms with Crippen molar-refractivity contribution in [3.63, 3.8) is 0 Å². The Morgan fingerprint density at radius 3 is 2.57 bits per heavy atom. The normalized spacial score (nSPS) is 17.6. The van der Waals surface area contributed by atoms with Crippen molar-refractivity contribution < 1.29 is 4.74 Å². The van der Waals surface area contributed by atoms with Crippen molar-refractivity contribution in [1.82, 2.24) is 15.1 Å². The van der Waals surface area contributed by atoms with Crippen molar-refractivity contribution >= 4 is 0 Å². The number of hydrogen-bond donors (Lipinski definition) is 1. The number of nitrogens with zero attached hydrogens (tertiary/aromatic N) is 2. The van der Waals surface area contributed by atoms with Crippen LogP contribution in [-0.4, -0.2) is 23.4 Å². The maximum atomic E-state index is 5.47. The average molecular weight is 293 g/mol. The van der Waals surface area contributed by atoms with Crippen LogP contribution in [0, 0.1) is 18.3 Å². The molecule has 4 nitrogen and oxygen atoms in total. The quantitative estimate of drug-likeness (QED) is 0.837. The Kier molecular flexibility index (Phi) is 5.31. The van der Waals surface area contributed by atoms with Crippen LogP contribution in [0.5, 0.6) is 5.88 Å². The zero-order valence-electron chi connectivity index (χ0n) is 14.3. The van der Waals surface area contributed by atoms with Crippen LogP contribution in [-0.2, 0) is 13.6 Å². The highest BCUT2D eigenvalue weighted by Crippen LogP contribution is 2.42. The summed E-state index contributed by atoms with van der Waals surface area (Å²) in [6.45, 7) is 8.70. The van der Waals surface area contributed by atoms with Crippen molar-refractivity contribution in [2.75, 3.05) is 13.7 Å². The second-order valence-corrected chi connectivity index (χ2v) is 7.11. The Morgan fingerprint density at radius 1 is 1.33 bits per heavy atom. The monoisotopic (exact) mass is 293 g/mol. The van der Waals surface area contributed by atoms with Crippen LogP contribution in [0.4, 0.5) is 0 Å². The van der Waals surface area contributed by atoms with E-state index in [1.54, 1.807) is 7.11 Å². The van der Waals surface area contributed by atoms with E-state index in [1.165, 1.54) is 37.7 Å². The summed E-state index contributed by atoms with van der Waals surface area (Å²) >= 11 is 0. The van der Waals surface area contributed by atoms with Crippen LogP contribution >= 0.6 is 0 Å². The van der Waals surface area contributed by atoms with E-state index in [-0.39, 0.29) is 0 Å². The number of ether oxygens (including phenoxy) is 1. The maximum absolute atomic E-state index is 5.47. The van der Waals surface area contributed by atoms with Crippen LogP contribution in [0.15, 0.2) is 0 Å². The van der Waals surface area contributed by atoms with Crippen LogP contribution in [0.1, 0.15) is 57.2 Å². The first kappa shape index (κ1) is 16.3. The van der Waals surface area contributed by atoms with Gasteiger partial charge in [0.25, 0.3) is 0 Å². The fraction of sp³-hybridized carbons (Fsp3) is 0.824.